The van der Waals surface area contributed by atoms with E-state index in [2.05, 4.69) is 0 Å². The van der Waals surface area contributed by atoms with Crippen molar-refractivity contribution >= 4 is 7.60 Å². The first-order valence-electron chi connectivity index (χ1n) is 5.51. The van der Waals surface area contributed by atoms with Gasteiger partial charge in [0, 0.05) is 12.6 Å². The first-order valence-corrected chi connectivity index (χ1v) is 7.30. The molecule has 4 N–H and O–H groups in total. The highest BCUT2D eigenvalue weighted by molar-refractivity contribution is 7.51. The Bertz CT molecular complexity index is 238. The molecular weight excluding hydrogens is 233 g/mol. The number of ether oxygens (including phenoxy) is 2. The van der Waals surface area contributed by atoms with Crippen molar-refractivity contribution in [2.45, 2.75) is 38.0 Å². The molecule has 0 saturated carbocycles. The van der Waals surface area contributed by atoms with Crippen molar-refractivity contribution in [3.8, 4) is 0 Å². The Kier molecular flexibility index (Phi) is 5.89. The standard InChI is InChI=1S/C9H20NO5P/c10-8(4-6-16(11,12)13)7-15-9-3-1-2-5-14-9/h8-9H,1-7,10H2,(H2,11,12,13). The molecule has 0 bridgehead atoms. The molecule has 0 spiro atoms. The molecule has 2 atom stereocenters. The van der Waals surface area contributed by atoms with Crippen LogP contribution in [0.1, 0.15) is 25.7 Å². The van der Waals surface area contributed by atoms with E-state index in [9.17, 15) is 4.57 Å². The van der Waals surface area contributed by atoms with Crippen LogP contribution in [0, 0.1) is 0 Å². The highest BCUT2D eigenvalue weighted by Gasteiger charge is 2.18. The van der Waals surface area contributed by atoms with Gasteiger partial charge >= 0.3 is 7.60 Å². The molecule has 96 valence electrons. The average Bonchev–Trinajstić information content (AvgIpc) is 2.24. The molecular formula is C9H20NO5P. The zero-order valence-electron chi connectivity index (χ0n) is 9.25. The summed E-state index contributed by atoms with van der Waals surface area (Å²) >= 11 is 0. The predicted molar refractivity (Wildman–Crippen MR) is 59.0 cm³/mol. The van der Waals surface area contributed by atoms with Crippen molar-refractivity contribution in [1.82, 2.24) is 0 Å². The maximum absolute atomic E-state index is 10.6. The van der Waals surface area contributed by atoms with Gasteiger partial charge in [-0.2, -0.15) is 0 Å². The van der Waals surface area contributed by atoms with Crippen LogP contribution in [0.4, 0.5) is 0 Å². The van der Waals surface area contributed by atoms with E-state index in [1.54, 1.807) is 0 Å². The Hall–Kier alpha value is 0.0300. The fourth-order valence-electron chi connectivity index (χ4n) is 1.49. The van der Waals surface area contributed by atoms with E-state index in [0.29, 0.717) is 6.61 Å². The quantitative estimate of drug-likeness (QED) is 0.593. The van der Waals surface area contributed by atoms with Crippen molar-refractivity contribution in [3.63, 3.8) is 0 Å². The lowest BCUT2D eigenvalue weighted by atomic mass is 10.2. The van der Waals surface area contributed by atoms with Gasteiger partial charge in [0.2, 0.25) is 0 Å². The Morgan fingerprint density at radius 3 is 2.81 bits per heavy atom. The molecule has 6 nitrogen and oxygen atoms in total. The van der Waals surface area contributed by atoms with Crippen LogP contribution in [-0.2, 0) is 14.0 Å². The van der Waals surface area contributed by atoms with Crippen LogP contribution in [0.25, 0.3) is 0 Å². The van der Waals surface area contributed by atoms with E-state index in [1.165, 1.54) is 0 Å². The molecule has 0 aromatic rings. The van der Waals surface area contributed by atoms with Gasteiger partial charge in [-0.15, -0.1) is 0 Å². The van der Waals surface area contributed by atoms with Gasteiger partial charge in [0.05, 0.1) is 12.8 Å². The molecule has 1 aliphatic rings. The van der Waals surface area contributed by atoms with Crippen LogP contribution in [-0.4, -0.2) is 41.5 Å². The molecule has 0 aliphatic carbocycles. The Balaban J connectivity index is 2.09. The number of hydrogen-bond acceptors (Lipinski definition) is 4. The summed E-state index contributed by atoms with van der Waals surface area (Å²) < 4.78 is 21.4. The van der Waals surface area contributed by atoms with E-state index >= 15 is 0 Å². The minimum Gasteiger partial charge on any atom is -0.353 e. The van der Waals surface area contributed by atoms with Gasteiger partial charge in [0.1, 0.15) is 0 Å². The van der Waals surface area contributed by atoms with E-state index < -0.39 is 7.60 Å². The summed E-state index contributed by atoms with van der Waals surface area (Å²) in [5.74, 6) is 0. The van der Waals surface area contributed by atoms with Crippen LogP contribution in [0.15, 0.2) is 0 Å². The molecule has 1 heterocycles. The zero-order valence-corrected chi connectivity index (χ0v) is 10.1. The maximum atomic E-state index is 10.6. The minimum absolute atomic E-state index is 0.191. The minimum atomic E-state index is -3.94. The van der Waals surface area contributed by atoms with Gasteiger partial charge in [0.15, 0.2) is 6.29 Å². The topological polar surface area (TPSA) is 102 Å². The monoisotopic (exact) mass is 253 g/mol. The smallest absolute Gasteiger partial charge is 0.325 e. The summed E-state index contributed by atoms with van der Waals surface area (Å²) in [7, 11) is -3.94. The summed E-state index contributed by atoms with van der Waals surface area (Å²) in [6.45, 7) is 0.993. The molecule has 0 amide bonds. The van der Waals surface area contributed by atoms with Crippen molar-refractivity contribution in [2.75, 3.05) is 19.4 Å². The van der Waals surface area contributed by atoms with Gasteiger partial charge < -0.3 is 25.0 Å². The third-order valence-corrected chi connectivity index (χ3v) is 3.27. The molecule has 2 unspecified atom stereocenters. The third-order valence-electron chi connectivity index (χ3n) is 2.43. The van der Waals surface area contributed by atoms with Crippen molar-refractivity contribution in [3.05, 3.63) is 0 Å². The second-order valence-corrected chi connectivity index (χ2v) is 5.84. The molecule has 1 saturated heterocycles. The largest absolute Gasteiger partial charge is 0.353 e. The summed E-state index contributed by atoms with van der Waals surface area (Å²) in [6, 6.07) is -0.349. The van der Waals surface area contributed by atoms with Crippen LogP contribution >= 0.6 is 7.60 Å². The third kappa shape index (κ3) is 6.58. The van der Waals surface area contributed by atoms with Gasteiger partial charge in [0.25, 0.3) is 0 Å². The van der Waals surface area contributed by atoms with Crippen molar-refractivity contribution in [1.29, 1.82) is 0 Å². The zero-order chi connectivity index (χ0) is 12.0. The molecule has 0 aromatic carbocycles. The Labute approximate surface area is 95.3 Å². The van der Waals surface area contributed by atoms with Crippen LogP contribution < -0.4 is 5.73 Å². The van der Waals surface area contributed by atoms with E-state index in [0.717, 1.165) is 19.3 Å². The Morgan fingerprint density at radius 1 is 1.50 bits per heavy atom. The lowest BCUT2D eigenvalue weighted by Gasteiger charge is -2.24. The van der Waals surface area contributed by atoms with Gasteiger partial charge in [-0.1, -0.05) is 0 Å². The van der Waals surface area contributed by atoms with Crippen LogP contribution in [0.2, 0.25) is 0 Å². The number of rotatable bonds is 6. The first-order chi connectivity index (χ1) is 7.47. The highest BCUT2D eigenvalue weighted by atomic mass is 31.2. The SMILES string of the molecule is NC(CCP(=O)(O)O)COC1CCCCO1. The van der Waals surface area contributed by atoms with E-state index in [4.69, 9.17) is 25.0 Å². The van der Waals surface area contributed by atoms with Gasteiger partial charge in [-0.05, 0) is 25.7 Å². The number of nitrogens with two attached hydrogens (primary N) is 1. The molecule has 1 aliphatic heterocycles. The molecule has 0 aromatic heterocycles. The van der Waals surface area contributed by atoms with E-state index in [-0.39, 0.29) is 31.5 Å². The fourth-order valence-corrected chi connectivity index (χ4v) is 2.16. The normalized spacial score (nSPS) is 24.3. The summed E-state index contributed by atoms with van der Waals surface area (Å²) in [5.41, 5.74) is 5.67. The molecule has 1 rings (SSSR count). The average molecular weight is 253 g/mol. The van der Waals surface area contributed by atoms with Crippen molar-refractivity contribution in [2.24, 2.45) is 5.73 Å². The lowest BCUT2D eigenvalue weighted by molar-refractivity contribution is -0.164. The highest BCUT2D eigenvalue weighted by Crippen LogP contribution is 2.35. The predicted octanol–water partition coefficient (Wildman–Crippen LogP) is 0.425. The summed E-state index contributed by atoms with van der Waals surface area (Å²) in [6.07, 6.45) is 2.88. The number of hydrogen-bond donors (Lipinski definition) is 3. The fraction of sp³-hybridized carbons (Fsp3) is 1.00. The van der Waals surface area contributed by atoms with Crippen LogP contribution in [0.5, 0.6) is 0 Å². The Morgan fingerprint density at radius 2 is 2.25 bits per heavy atom. The second-order valence-electron chi connectivity index (χ2n) is 4.07. The maximum Gasteiger partial charge on any atom is 0.325 e. The summed E-state index contributed by atoms with van der Waals surface area (Å²) in [4.78, 5) is 17.3. The van der Waals surface area contributed by atoms with Gasteiger partial charge in [-0.3, -0.25) is 4.57 Å². The van der Waals surface area contributed by atoms with E-state index in [1.807, 2.05) is 0 Å². The lowest BCUT2D eigenvalue weighted by Crippen LogP contribution is -2.32. The second kappa shape index (κ2) is 6.69. The first kappa shape index (κ1) is 14.1. The molecule has 7 heteroatoms. The summed E-state index contributed by atoms with van der Waals surface area (Å²) in [5, 5.41) is 0. The van der Waals surface area contributed by atoms with Crippen molar-refractivity contribution < 1.29 is 23.8 Å². The van der Waals surface area contributed by atoms with Gasteiger partial charge in [-0.25, -0.2) is 0 Å². The molecule has 1 fully saturated rings. The molecule has 16 heavy (non-hydrogen) atoms. The van der Waals surface area contributed by atoms with Crippen LogP contribution in [0.3, 0.4) is 0 Å². The molecule has 0 radical (unpaired) electrons.